The molecule has 2 N–H and O–H groups in total. The quantitative estimate of drug-likeness (QED) is 0.875. The minimum absolute atomic E-state index is 0.143. The molecule has 6 heteroatoms. The van der Waals surface area contributed by atoms with Crippen LogP contribution in [0.25, 0.3) is 0 Å². The van der Waals surface area contributed by atoms with Crippen molar-refractivity contribution in [1.82, 2.24) is 5.32 Å². The molecule has 0 aliphatic carbocycles. The van der Waals surface area contributed by atoms with Crippen LogP contribution in [0.5, 0.6) is 0 Å². The van der Waals surface area contributed by atoms with E-state index in [9.17, 15) is 4.79 Å². The topological polar surface area (TPSA) is 74.2 Å². The maximum atomic E-state index is 11.8. The first-order valence-corrected chi connectivity index (χ1v) is 7.38. The number of hydrogen-bond donors (Lipinski definition) is 2. The Morgan fingerprint density at radius 2 is 2.24 bits per heavy atom. The van der Waals surface area contributed by atoms with E-state index in [2.05, 4.69) is 10.6 Å². The third-order valence-corrected chi connectivity index (χ3v) is 3.65. The SMILES string of the molecule is N#Cc1ccc(NC(=O)CCOC2CCNCC2)c(Cl)c1. The fourth-order valence-electron chi connectivity index (χ4n) is 2.18. The van der Waals surface area contributed by atoms with Crippen molar-refractivity contribution in [2.24, 2.45) is 0 Å². The van der Waals surface area contributed by atoms with Crippen LogP contribution in [0.3, 0.4) is 0 Å². The van der Waals surface area contributed by atoms with Crippen LogP contribution in [0.1, 0.15) is 24.8 Å². The van der Waals surface area contributed by atoms with Crippen molar-refractivity contribution >= 4 is 23.2 Å². The first kappa shape index (κ1) is 15.8. The van der Waals surface area contributed by atoms with E-state index in [0.717, 1.165) is 25.9 Å². The van der Waals surface area contributed by atoms with Gasteiger partial charge in [-0.25, -0.2) is 0 Å². The molecular formula is C15H18ClN3O2. The molecule has 0 aromatic heterocycles. The van der Waals surface area contributed by atoms with E-state index in [4.69, 9.17) is 21.6 Å². The first-order valence-electron chi connectivity index (χ1n) is 7.01. The van der Waals surface area contributed by atoms with Gasteiger partial charge < -0.3 is 15.4 Å². The van der Waals surface area contributed by atoms with Crippen LogP contribution >= 0.6 is 11.6 Å². The fraction of sp³-hybridized carbons (Fsp3) is 0.467. The van der Waals surface area contributed by atoms with E-state index in [0.29, 0.717) is 29.3 Å². The molecule has 0 saturated carbocycles. The summed E-state index contributed by atoms with van der Waals surface area (Å²) in [4.78, 5) is 11.8. The molecule has 112 valence electrons. The molecule has 2 rings (SSSR count). The Bertz CT molecular complexity index is 536. The van der Waals surface area contributed by atoms with Crippen molar-refractivity contribution in [3.63, 3.8) is 0 Å². The lowest BCUT2D eigenvalue weighted by Crippen LogP contribution is -2.33. The molecule has 1 fully saturated rings. The summed E-state index contributed by atoms with van der Waals surface area (Å²) in [5, 5.41) is 15.1. The highest BCUT2D eigenvalue weighted by Crippen LogP contribution is 2.22. The maximum Gasteiger partial charge on any atom is 0.226 e. The van der Waals surface area contributed by atoms with Gasteiger partial charge in [-0.15, -0.1) is 0 Å². The van der Waals surface area contributed by atoms with Gasteiger partial charge >= 0.3 is 0 Å². The third kappa shape index (κ3) is 5.01. The van der Waals surface area contributed by atoms with Gasteiger partial charge in [-0.05, 0) is 44.1 Å². The van der Waals surface area contributed by atoms with Crippen molar-refractivity contribution in [3.05, 3.63) is 28.8 Å². The Kier molecular flexibility index (Phi) is 6.00. The molecule has 1 aliphatic heterocycles. The van der Waals surface area contributed by atoms with Crippen LogP contribution in [0.2, 0.25) is 5.02 Å². The van der Waals surface area contributed by atoms with Crippen LogP contribution in [0.4, 0.5) is 5.69 Å². The number of rotatable bonds is 5. The predicted molar refractivity (Wildman–Crippen MR) is 81.3 cm³/mol. The normalized spacial score (nSPS) is 15.4. The summed E-state index contributed by atoms with van der Waals surface area (Å²) in [5.41, 5.74) is 0.981. The second-order valence-electron chi connectivity index (χ2n) is 4.92. The zero-order chi connectivity index (χ0) is 15.1. The standard InChI is InChI=1S/C15H18ClN3O2/c16-13-9-11(10-17)1-2-14(13)19-15(20)5-8-21-12-3-6-18-7-4-12/h1-2,9,12,18H,3-8H2,(H,19,20). The number of amides is 1. The molecule has 1 aliphatic rings. The predicted octanol–water partition coefficient (Wildman–Crippen LogP) is 2.31. The molecule has 1 aromatic rings. The van der Waals surface area contributed by atoms with Crippen molar-refractivity contribution < 1.29 is 9.53 Å². The molecule has 0 bridgehead atoms. The zero-order valence-corrected chi connectivity index (χ0v) is 12.4. The molecular weight excluding hydrogens is 290 g/mol. The van der Waals surface area contributed by atoms with Crippen LogP contribution in [-0.4, -0.2) is 31.7 Å². The fourth-order valence-corrected chi connectivity index (χ4v) is 2.41. The molecule has 1 heterocycles. The number of hydrogen-bond acceptors (Lipinski definition) is 4. The lowest BCUT2D eigenvalue weighted by atomic mass is 10.1. The second kappa shape index (κ2) is 7.99. The minimum Gasteiger partial charge on any atom is -0.378 e. The summed E-state index contributed by atoms with van der Waals surface area (Å²) in [6.07, 6.45) is 2.52. The highest BCUT2D eigenvalue weighted by Gasteiger charge is 2.14. The van der Waals surface area contributed by atoms with Crippen molar-refractivity contribution in [2.75, 3.05) is 25.0 Å². The van der Waals surface area contributed by atoms with Crippen LogP contribution in [-0.2, 0) is 9.53 Å². The summed E-state index contributed by atoms with van der Waals surface area (Å²) in [6.45, 7) is 2.35. The van der Waals surface area contributed by atoms with Gasteiger partial charge in [0.15, 0.2) is 0 Å². The summed E-state index contributed by atoms with van der Waals surface area (Å²) in [5.74, 6) is -0.143. The number of nitrogens with one attached hydrogen (secondary N) is 2. The van der Waals surface area contributed by atoms with Crippen LogP contribution in [0, 0.1) is 11.3 Å². The number of ether oxygens (including phenoxy) is 1. The van der Waals surface area contributed by atoms with Crippen LogP contribution in [0.15, 0.2) is 18.2 Å². The average molecular weight is 308 g/mol. The number of halogens is 1. The van der Waals surface area contributed by atoms with Gasteiger partial charge in [0.25, 0.3) is 0 Å². The van der Waals surface area contributed by atoms with E-state index < -0.39 is 0 Å². The van der Waals surface area contributed by atoms with E-state index in [1.807, 2.05) is 6.07 Å². The van der Waals surface area contributed by atoms with E-state index in [1.54, 1.807) is 12.1 Å². The number of nitrogens with zero attached hydrogens (tertiary/aromatic N) is 1. The van der Waals surface area contributed by atoms with Crippen molar-refractivity contribution in [3.8, 4) is 6.07 Å². The highest BCUT2D eigenvalue weighted by atomic mass is 35.5. The van der Waals surface area contributed by atoms with E-state index >= 15 is 0 Å². The first-order chi connectivity index (χ1) is 10.2. The zero-order valence-electron chi connectivity index (χ0n) is 11.7. The van der Waals surface area contributed by atoms with Gasteiger partial charge in [-0.2, -0.15) is 5.26 Å². The molecule has 0 spiro atoms. The number of piperidine rings is 1. The molecule has 5 nitrogen and oxygen atoms in total. The van der Waals surface area contributed by atoms with Crippen LogP contribution < -0.4 is 10.6 Å². The molecule has 1 amide bonds. The minimum atomic E-state index is -0.143. The van der Waals surface area contributed by atoms with Gasteiger partial charge in [0.05, 0.1) is 41.5 Å². The van der Waals surface area contributed by atoms with Crippen molar-refractivity contribution in [2.45, 2.75) is 25.4 Å². The summed E-state index contributed by atoms with van der Waals surface area (Å²) in [7, 11) is 0. The smallest absolute Gasteiger partial charge is 0.226 e. The Morgan fingerprint density at radius 3 is 2.90 bits per heavy atom. The largest absolute Gasteiger partial charge is 0.378 e. The Morgan fingerprint density at radius 1 is 1.48 bits per heavy atom. The Hall–Kier alpha value is -1.61. The van der Waals surface area contributed by atoms with Gasteiger partial charge in [0.1, 0.15) is 0 Å². The summed E-state index contributed by atoms with van der Waals surface area (Å²) >= 11 is 6.00. The molecule has 1 aromatic carbocycles. The Balaban J connectivity index is 1.75. The van der Waals surface area contributed by atoms with Gasteiger partial charge in [-0.3, -0.25) is 4.79 Å². The third-order valence-electron chi connectivity index (χ3n) is 3.34. The number of carbonyl (C=O) groups excluding carboxylic acids is 1. The van der Waals surface area contributed by atoms with Gasteiger partial charge in [-0.1, -0.05) is 11.6 Å². The number of carbonyl (C=O) groups is 1. The monoisotopic (exact) mass is 307 g/mol. The number of benzene rings is 1. The second-order valence-corrected chi connectivity index (χ2v) is 5.33. The summed E-state index contributed by atoms with van der Waals surface area (Å²) < 4.78 is 5.68. The Labute approximate surface area is 129 Å². The van der Waals surface area contributed by atoms with Crippen molar-refractivity contribution in [1.29, 1.82) is 5.26 Å². The molecule has 1 saturated heterocycles. The lowest BCUT2D eigenvalue weighted by molar-refractivity contribution is -0.117. The molecule has 0 unspecified atom stereocenters. The molecule has 0 radical (unpaired) electrons. The maximum absolute atomic E-state index is 11.8. The molecule has 0 atom stereocenters. The highest BCUT2D eigenvalue weighted by molar-refractivity contribution is 6.33. The van der Waals surface area contributed by atoms with E-state index in [1.165, 1.54) is 6.07 Å². The average Bonchev–Trinajstić information content (AvgIpc) is 2.50. The van der Waals surface area contributed by atoms with E-state index in [-0.39, 0.29) is 12.0 Å². The lowest BCUT2D eigenvalue weighted by Gasteiger charge is -2.22. The summed E-state index contributed by atoms with van der Waals surface area (Å²) in [6, 6.07) is 6.78. The number of anilines is 1. The van der Waals surface area contributed by atoms with Gasteiger partial charge in [0.2, 0.25) is 5.91 Å². The number of nitriles is 1. The van der Waals surface area contributed by atoms with Gasteiger partial charge in [0, 0.05) is 0 Å². The molecule has 21 heavy (non-hydrogen) atoms.